The molecule has 0 saturated carbocycles. The minimum atomic E-state index is -3.65. The first-order chi connectivity index (χ1) is 16.5. The van der Waals surface area contributed by atoms with Crippen LogP contribution in [-0.4, -0.2) is 27.7 Å². The average molecular weight is 535 g/mol. The van der Waals surface area contributed by atoms with Crippen molar-refractivity contribution in [3.05, 3.63) is 93.0 Å². The number of carbonyl (C=O) groups excluding carboxylic acids is 1. The predicted octanol–water partition coefficient (Wildman–Crippen LogP) is 6.16. The molecular weight excluding hydrogens is 507 g/mol. The van der Waals surface area contributed by atoms with Crippen LogP contribution in [0.5, 0.6) is 5.75 Å². The van der Waals surface area contributed by atoms with Gasteiger partial charge in [-0.15, -0.1) is 0 Å². The van der Waals surface area contributed by atoms with Gasteiger partial charge in [-0.05, 0) is 66.9 Å². The number of rotatable bonds is 9. The van der Waals surface area contributed by atoms with Gasteiger partial charge in [0.05, 0.1) is 31.6 Å². The maximum atomic E-state index is 13.0. The Morgan fingerprint density at radius 1 is 1.06 bits per heavy atom. The summed E-state index contributed by atoms with van der Waals surface area (Å²) >= 11 is 12.5. The number of sulfonamides is 1. The Balaban J connectivity index is 1.81. The summed E-state index contributed by atoms with van der Waals surface area (Å²) < 4.78 is 31.6. The Morgan fingerprint density at radius 3 is 2.20 bits per heavy atom. The highest BCUT2D eigenvalue weighted by Crippen LogP contribution is 2.30. The molecule has 1 amide bonds. The second-order valence-electron chi connectivity index (χ2n) is 8.18. The minimum absolute atomic E-state index is 0.0301. The molecule has 3 rings (SSSR count). The van der Waals surface area contributed by atoms with E-state index < -0.39 is 10.0 Å². The third kappa shape index (κ3) is 6.48. The fourth-order valence-electron chi connectivity index (χ4n) is 3.79. The molecular formula is C26H28Cl2N2O4S. The van der Waals surface area contributed by atoms with Gasteiger partial charge in [-0.1, -0.05) is 48.3 Å². The van der Waals surface area contributed by atoms with Crippen molar-refractivity contribution < 1.29 is 17.9 Å². The fourth-order valence-corrected chi connectivity index (χ4v) is 5.17. The molecule has 0 spiro atoms. The summed E-state index contributed by atoms with van der Waals surface area (Å²) in [6.45, 7) is 3.92. The number of anilines is 1. The van der Waals surface area contributed by atoms with Crippen molar-refractivity contribution in [2.45, 2.75) is 32.9 Å². The van der Waals surface area contributed by atoms with Crippen LogP contribution in [0.2, 0.25) is 10.0 Å². The van der Waals surface area contributed by atoms with E-state index in [4.69, 9.17) is 27.9 Å². The van der Waals surface area contributed by atoms with Crippen LogP contribution in [-0.2, 0) is 16.6 Å². The lowest BCUT2D eigenvalue weighted by atomic mass is 10.0. The average Bonchev–Trinajstić information content (AvgIpc) is 2.81. The van der Waals surface area contributed by atoms with Gasteiger partial charge in [-0.25, -0.2) is 8.42 Å². The van der Waals surface area contributed by atoms with Crippen molar-refractivity contribution in [3.8, 4) is 5.75 Å². The van der Waals surface area contributed by atoms with E-state index in [0.29, 0.717) is 33.3 Å². The van der Waals surface area contributed by atoms with E-state index in [-0.39, 0.29) is 18.5 Å². The standard InChI is InChI=1S/C26H28Cl2N2O4S/c1-5-24(19-11-14-25(34-3)17(2)15-19)29-26(31)18-9-12-20(13-10-18)30(35(4,32)33)16-21-22(27)7-6-8-23(21)28/h6-15,24H,5,16H2,1-4H3,(H,29,31). The highest BCUT2D eigenvalue weighted by atomic mass is 35.5. The van der Waals surface area contributed by atoms with Crippen molar-refractivity contribution in [3.63, 3.8) is 0 Å². The summed E-state index contributed by atoms with van der Waals surface area (Å²) in [7, 11) is -2.02. The van der Waals surface area contributed by atoms with Crippen LogP contribution < -0.4 is 14.4 Å². The number of methoxy groups -OCH3 is 1. The van der Waals surface area contributed by atoms with Crippen molar-refractivity contribution in [1.82, 2.24) is 5.32 Å². The van der Waals surface area contributed by atoms with Crippen LogP contribution in [0, 0.1) is 6.92 Å². The van der Waals surface area contributed by atoms with Gasteiger partial charge in [0.15, 0.2) is 0 Å². The Labute approximate surface area is 216 Å². The van der Waals surface area contributed by atoms with Gasteiger partial charge in [-0.3, -0.25) is 9.10 Å². The number of carbonyl (C=O) groups is 1. The molecule has 0 heterocycles. The largest absolute Gasteiger partial charge is 0.496 e. The molecule has 3 aromatic carbocycles. The number of hydrogen-bond acceptors (Lipinski definition) is 4. The SMILES string of the molecule is CCC(NC(=O)c1ccc(N(Cc2c(Cl)cccc2Cl)S(C)(=O)=O)cc1)c1ccc(OC)c(C)c1. The molecule has 35 heavy (non-hydrogen) atoms. The van der Waals surface area contributed by atoms with Crippen LogP contribution in [0.4, 0.5) is 5.69 Å². The molecule has 6 nitrogen and oxygen atoms in total. The number of nitrogens with zero attached hydrogens (tertiary/aromatic N) is 1. The third-order valence-corrected chi connectivity index (χ3v) is 7.56. The molecule has 0 aromatic heterocycles. The van der Waals surface area contributed by atoms with Gasteiger partial charge < -0.3 is 10.1 Å². The van der Waals surface area contributed by atoms with Gasteiger partial charge in [-0.2, -0.15) is 0 Å². The molecule has 1 atom stereocenters. The zero-order chi connectivity index (χ0) is 25.8. The lowest BCUT2D eigenvalue weighted by molar-refractivity contribution is 0.0935. The molecule has 0 aliphatic rings. The number of nitrogens with one attached hydrogen (secondary N) is 1. The van der Waals surface area contributed by atoms with Crippen molar-refractivity contribution in [1.29, 1.82) is 0 Å². The first kappa shape index (κ1) is 26.9. The smallest absolute Gasteiger partial charge is 0.251 e. The van der Waals surface area contributed by atoms with E-state index in [2.05, 4.69) is 5.32 Å². The summed E-state index contributed by atoms with van der Waals surface area (Å²) in [5, 5.41) is 3.80. The second-order valence-corrected chi connectivity index (χ2v) is 10.9. The molecule has 0 fully saturated rings. The topological polar surface area (TPSA) is 75.7 Å². The maximum absolute atomic E-state index is 13.0. The Hall–Kier alpha value is -2.74. The number of halogens is 2. The molecule has 1 N–H and O–H groups in total. The molecule has 0 radical (unpaired) electrons. The van der Waals surface area contributed by atoms with Crippen molar-refractivity contribution in [2.24, 2.45) is 0 Å². The van der Waals surface area contributed by atoms with Crippen LogP contribution in [0.15, 0.2) is 60.7 Å². The van der Waals surface area contributed by atoms with Crippen LogP contribution >= 0.6 is 23.2 Å². The van der Waals surface area contributed by atoms with Crippen LogP contribution in [0.3, 0.4) is 0 Å². The van der Waals surface area contributed by atoms with Crippen molar-refractivity contribution >= 4 is 44.8 Å². The summed E-state index contributed by atoms with van der Waals surface area (Å²) in [6.07, 6.45) is 1.82. The maximum Gasteiger partial charge on any atom is 0.251 e. The van der Waals surface area contributed by atoms with E-state index in [1.54, 1.807) is 49.6 Å². The number of benzene rings is 3. The molecule has 0 saturated heterocycles. The summed E-state index contributed by atoms with van der Waals surface area (Å²) in [5.41, 5.74) is 3.29. The Bertz CT molecular complexity index is 1290. The third-order valence-electron chi connectivity index (χ3n) is 5.72. The molecule has 0 aliphatic carbocycles. The van der Waals surface area contributed by atoms with E-state index in [9.17, 15) is 13.2 Å². The highest BCUT2D eigenvalue weighted by molar-refractivity contribution is 7.92. The zero-order valence-electron chi connectivity index (χ0n) is 20.0. The van der Waals surface area contributed by atoms with Gasteiger partial charge in [0.2, 0.25) is 10.0 Å². The van der Waals surface area contributed by atoms with Gasteiger partial charge in [0.1, 0.15) is 5.75 Å². The normalized spacial score (nSPS) is 12.2. The molecule has 0 bridgehead atoms. The Morgan fingerprint density at radius 2 is 1.69 bits per heavy atom. The second kappa shape index (κ2) is 11.3. The number of hydrogen-bond donors (Lipinski definition) is 1. The highest BCUT2D eigenvalue weighted by Gasteiger charge is 2.22. The first-order valence-electron chi connectivity index (χ1n) is 11.0. The molecule has 3 aromatic rings. The van der Waals surface area contributed by atoms with Crippen LogP contribution in [0.25, 0.3) is 0 Å². The predicted molar refractivity (Wildman–Crippen MR) is 142 cm³/mol. The minimum Gasteiger partial charge on any atom is -0.496 e. The number of amides is 1. The molecule has 9 heteroatoms. The summed E-state index contributed by atoms with van der Waals surface area (Å²) in [4.78, 5) is 13.0. The lowest BCUT2D eigenvalue weighted by Gasteiger charge is -2.24. The van der Waals surface area contributed by atoms with E-state index in [1.807, 2.05) is 32.0 Å². The summed E-state index contributed by atoms with van der Waals surface area (Å²) in [6, 6.07) is 17.1. The van der Waals surface area contributed by atoms with Crippen molar-refractivity contribution in [2.75, 3.05) is 17.7 Å². The fraction of sp³-hybridized carbons (Fsp3) is 0.269. The zero-order valence-corrected chi connectivity index (χ0v) is 22.3. The lowest BCUT2D eigenvalue weighted by Crippen LogP contribution is -2.30. The van der Waals surface area contributed by atoms with Crippen LogP contribution in [0.1, 0.15) is 46.4 Å². The monoisotopic (exact) mass is 534 g/mol. The van der Waals surface area contributed by atoms with E-state index in [1.165, 1.54) is 4.31 Å². The Kier molecular flexibility index (Phi) is 8.70. The van der Waals surface area contributed by atoms with Gasteiger partial charge in [0, 0.05) is 21.2 Å². The quantitative estimate of drug-likeness (QED) is 0.356. The van der Waals surface area contributed by atoms with E-state index in [0.717, 1.165) is 23.1 Å². The van der Waals surface area contributed by atoms with E-state index >= 15 is 0 Å². The van der Waals surface area contributed by atoms with Gasteiger partial charge >= 0.3 is 0 Å². The van der Waals surface area contributed by atoms with Gasteiger partial charge in [0.25, 0.3) is 5.91 Å². The number of aryl methyl sites for hydroxylation is 1. The first-order valence-corrected chi connectivity index (χ1v) is 13.6. The summed E-state index contributed by atoms with van der Waals surface area (Å²) in [5.74, 6) is 0.538. The number of ether oxygens (including phenoxy) is 1. The molecule has 186 valence electrons. The molecule has 1 unspecified atom stereocenters. The molecule has 0 aliphatic heterocycles.